The first-order valence-electron chi connectivity index (χ1n) is 6.16. The van der Waals surface area contributed by atoms with Crippen LogP contribution in [-0.4, -0.2) is 41.9 Å². The van der Waals surface area contributed by atoms with Crippen LogP contribution in [0.4, 0.5) is 0 Å². The SMILES string of the molecule is C=CCn1c(SC[C@@H](O)CCl)nc2c1c(=O)[nH]c(=O)n2C. The van der Waals surface area contributed by atoms with Crippen molar-refractivity contribution >= 4 is 34.5 Å². The summed E-state index contributed by atoms with van der Waals surface area (Å²) in [4.78, 5) is 30.2. The van der Waals surface area contributed by atoms with Crippen molar-refractivity contribution in [3.05, 3.63) is 33.5 Å². The average molecular weight is 331 g/mol. The number of nitrogens with one attached hydrogen (secondary N) is 1. The van der Waals surface area contributed by atoms with Gasteiger partial charge in [-0.05, 0) is 0 Å². The van der Waals surface area contributed by atoms with E-state index >= 15 is 0 Å². The number of aliphatic hydroxyl groups excluding tert-OH is 1. The lowest BCUT2D eigenvalue weighted by atomic mass is 10.5. The molecule has 0 saturated heterocycles. The van der Waals surface area contributed by atoms with E-state index in [1.165, 1.54) is 23.4 Å². The molecule has 2 heterocycles. The van der Waals surface area contributed by atoms with Crippen molar-refractivity contribution in [3.63, 3.8) is 0 Å². The van der Waals surface area contributed by atoms with Crippen LogP contribution in [0.2, 0.25) is 0 Å². The Labute approximate surface area is 129 Å². The first-order chi connectivity index (χ1) is 9.99. The first-order valence-corrected chi connectivity index (χ1v) is 7.68. The summed E-state index contributed by atoms with van der Waals surface area (Å²) in [6.45, 7) is 4.03. The van der Waals surface area contributed by atoms with E-state index in [1.807, 2.05) is 0 Å². The van der Waals surface area contributed by atoms with E-state index in [2.05, 4.69) is 16.5 Å². The van der Waals surface area contributed by atoms with Crippen LogP contribution < -0.4 is 11.2 Å². The van der Waals surface area contributed by atoms with Gasteiger partial charge in [-0.2, -0.15) is 0 Å². The van der Waals surface area contributed by atoms with E-state index in [-0.39, 0.29) is 5.88 Å². The summed E-state index contributed by atoms with van der Waals surface area (Å²) in [5.74, 6) is 0.462. The van der Waals surface area contributed by atoms with E-state index in [0.29, 0.717) is 28.6 Å². The summed E-state index contributed by atoms with van der Waals surface area (Å²) in [5.41, 5.74) is -0.409. The summed E-state index contributed by atoms with van der Waals surface area (Å²) in [6, 6.07) is 0. The van der Waals surface area contributed by atoms with Gasteiger partial charge in [0.1, 0.15) is 0 Å². The molecule has 2 N–H and O–H groups in total. The Balaban J connectivity index is 2.59. The molecular formula is C12H15ClN4O3S. The van der Waals surface area contributed by atoms with E-state index in [1.54, 1.807) is 10.6 Å². The van der Waals surface area contributed by atoms with Crippen LogP contribution in [-0.2, 0) is 13.6 Å². The molecule has 0 aliphatic heterocycles. The molecular weight excluding hydrogens is 316 g/mol. The second kappa shape index (κ2) is 6.50. The Morgan fingerprint density at radius 3 is 2.90 bits per heavy atom. The molecule has 0 aliphatic rings. The fraction of sp³-hybridized carbons (Fsp3) is 0.417. The minimum atomic E-state index is -0.671. The highest BCUT2D eigenvalue weighted by molar-refractivity contribution is 7.99. The Morgan fingerprint density at radius 1 is 1.57 bits per heavy atom. The van der Waals surface area contributed by atoms with E-state index in [0.717, 1.165) is 0 Å². The molecule has 0 unspecified atom stereocenters. The molecule has 21 heavy (non-hydrogen) atoms. The quantitative estimate of drug-likeness (QED) is 0.451. The van der Waals surface area contributed by atoms with Gasteiger partial charge in [0.15, 0.2) is 16.3 Å². The number of fused-ring (bicyclic) bond motifs is 1. The second-order valence-electron chi connectivity index (χ2n) is 4.40. The van der Waals surface area contributed by atoms with Crippen LogP contribution in [0.25, 0.3) is 11.2 Å². The molecule has 0 fully saturated rings. The molecule has 0 saturated carbocycles. The molecule has 2 rings (SSSR count). The van der Waals surface area contributed by atoms with Gasteiger partial charge in [-0.1, -0.05) is 17.8 Å². The number of rotatable bonds is 6. The number of hydrogen-bond donors (Lipinski definition) is 2. The molecule has 2 aromatic heterocycles. The van der Waals surface area contributed by atoms with Crippen LogP contribution in [0.5, 0.6) is 0 Å². The number of imidazole rings is 1. The zero-order chi connectivity index (χ0) is 15.6. The topological polar surface area (TPSA) is 92.9 Å². The van der Waals surface area contributed by atoms with Gasteiger partial charge in [-0.3, -0.25) is 14.3 Å². The number of thioether (sulfide) groups is 1. The number of aliphatic hydroxyl groups is 1. The number of allylic oxidation sites excluding steroid dienone is 1. The molecule has 0 aromatic carbocycles. The number of H-pyrrole nitrogens is 1. The largest absolute Gasteiger partial charge is 0.391 e. The van der Waals surface area contributed by atoms with Gasteiger partial charge < -0.3 is 9.67 Å². The molecule has 0 radical (unpaired) electrons. The number of hydrogen-bond acceptors (Lipinski definition) is 5. The molecule has 0 aliphatic carbocycles. The summed E-state index contributed by atoms with van der Waals surface area (Å²) in [5, 5.41) is 10.1. The third-order valence-corrected chi connectivity index (χ3v) is 4.34. The van der Waals surface area contributed by atoms with Crippen LogP contribution in [0, 0.1) is 0 Å². The van der Waals surface area contributed by atoms with Gasteiger partial charge in [0.2, 0.25) is 0 Å². The van der Waals surface area contributed by atoms with Gasteiger partial charge in [0.05, 0.1) is 6.10 Å². The van der Waals surface area contributed by atoms with E-state index in [9.17, 15) is 14.7 Å². The lowest BCUT2D eigenvalue weighted by molar-refractivity contribution is 0.223. The minimum absolute atomic E-state index is 0.119. The average Bonchev–Trinajstić information content (AvgIpc) is 2.82. The van der Waals surface area contributed by atoms with Crippen LogP contribution in [0.15, 0.2) is 27.4 Å². The molecule has 114 valence electrons. The summed E-state index contributed by atoms with van der Waals surface area (Å²) in [7, 11) is 1.54. The lowest BCUT2D eigenvalue weighted by Gasteiger charge is -2.07. The first kappa shape index (κ1) is 15.9. The van der Waals surface area contributed by atoms with Crippen molar-refractivity contribution in [1.29, 1.82) is 0 Å². The van der Waals surface area contributed by atoms with E-state index in [4.69, 9.17) is 11.6 Å². The fourth-order valence-corrected chi connectivity index (χ4v) is 3.01. The van der Waals surface area contributed by atoms with Gasteiger partial charge in [-0.15, -0.1) is 18.2 Å². The van der Waals surface area contributed by atoms with Gasteiger partial charge >= 0.3 is 5.69 Å². The predicted molar refractivity (Wildman–Crippen MR) is 83.2 cm³/mol. The molecule has 0 bridgehead atoms. The Kier molecular flexibility index (Phi) is 4.92. The fourth-order valence-electron chi connectivity index (χ4n) is 1.84. The third kappa shape index (κ3) is 3.07. The zero-order valence-electron chi connectivity index (χ0n) is 11.4. The molecule has 1 atom stereocenters. The van der Waals surface area contributed by atoms with Gasteiger partial charge in [-0.25, -0.2) is 9.78 Å². The molecule has 7 nitrogen and oxygen atoms in total. The Morgan fingerprint density at radius 2 is 2.29 bits per heavy atom. The van der Waals surface area contributed by atoms with Crippen molar-refractivity contribution in [1.82, 2.24) is 19.1 Å². The third-order valence-electron chi connectivity index (χ3n) is 2.87. The molecule has 2 aromatic rings. The van der Waals surface area contributed by atoms with Crippen molar-refractivity contribution in [2.45, 2.75) is 17.8 Å². The van der Waals surface area contributed by atoms with Crippen molar-refractivity contribution in [3.8, 4) is 0 Å². The number of aryl methyl sites for hydroxylation is 1. The van der Waals surface area contributed by atoms with Crippen molar-refractivity contribution < 1.29 is 5.11 Å². The van der Waals surface area contributed by atoms with Crippen LogP contribution >= 0.6 is 23.4 Å². The highest BCUT2D eigenvalue weighted by Crippen LogP contribution is 2.22. The zero-order valence-corrected chi connectivity index (χ0v) is 12.9. The van der Waals surface area contributed by atoms with E-state index < -0.39 is 17.4 Å². The maximum Gasteiger partial charge on any atom is 0.329 e. The highest BCUT2D eigenvalue weighted by atomic mass is 35.5. The number of alkyl halides is 1. The lowest BCUT2D eigenvalue weighted by Crippen LogP contribution is -2.29. The summed E-state index contributed by atoms with van der Waals surface area (Å²) in [6.07, 6.45) is 0.962. The predicted octanol–water partition coefficient (Wildman–Crippen LogP) is 0.301. The maximum absolute atomic E-state index is 12.0. The Bertz CT molecular complexity index is 779. The molecule has 0 amide bonds. The smallest absolute Gasteiger partial charge is 0.329 e. The summed E-state index contributed by atoms with van der Waals surface area (Å²) >= 11 is 6.83. The standard InChI is InChI=1S/C12H15ClN4O3S/c1-3-4-17-8-9(16(2)11(20)15-10(8)19)14-12(17)21-6-7(18)5-13/h3,7,18H,1,4-6H2,2H3,(H,15,19,20)/t7-/m0/s1. The number of aromatic amines is 1. The minimum Gasteiger partial charge on any atom is -0.391 e. The van der Waals surface area contributed by atoms with Crippen molar-refractivity contribution in [2.24, 2.45) is 7.05 Å². The molecule has 0 spiro atoms. The van der Waals surface area contributed by atoms with Crippen LogP contribution in [0.3, 0.4) is 0 Å². The normalized spacial score (nSPS) is 12.7. The maximum atomic E-state index is 12.0. The number of halogens is 1. The number of nitrogens with zero attached hydrogens (tertiary/aromatic N) is 3. The molecule has 9 heteroatoms. The van der Waals surface area contributed by atoms with Crippen molar-refractivity contribution in [2.75, 3.05) is 11.6 Å². The van der Waals surface area contributed by atoms with Gasteiger partial charge in [0, 0.05) is 25.2 Å². The summed E-state index contributed by atoms with van der Waals surface area (Å²) < 4.78 is 2.94. The highest BCUT2D eigenvalue weighted by Gasteiger charge is 2.17. The Hall–Kier alpha value is -1.51. The monoisotopic (exact) mass is 330 g/mol. The van der Waals surface area contributed by atoms with Crippen LogP contribution in [0.1, 0.15) is 0 Å². The second-order valence-corrected chi connectivity index (χ2v) is 5.70. The van der Waals surface area contributed by atoms with Gasteiger partial charge in [0.25, 0.3) is 5.56 Å². The number of aromatic nitrogens is 4.